The summed E-state index contributed by atoms with van der Waals surface area (Å²) in [5.41, 5.74) is 2.37. The van der Waals surface area contributed by atoms with E-state index in [1.165, 1.54) is 14.2 Å². The maximum absolute atomic E-state index is 13.6. The molecular formula is C34H37NO10. The zero-order valence-electron chi connectivity index (χ0n) is 25.6. The molecule has 2 saturated heterocycles. The minimum absolute atomic E-state index is 0.171. The molecule has 0 aromatic heterocycles. The fraction of sp³-hybridized carbons (Fsp3) is 0.382. The van der Waals surface area contributed by atoms with Crippen molar-refractivity contribution in [1.82, 2.24) is 0 Å². The average Bonchev–Trinajstić information content (AvgIpc) is 3.53. The van der Waals surface area contributed by atoms with E-state index < -0.39 is 61.1 Å². The molecule has 5 rings (SSSR count). The monoisotopic (exact) mass is 619 g/mol. The first kappa shape index (κ1) is 32.3. The summed E-state index contributed by atoms with van der Waals surface area (Å²) in [6, 6.07) is 27.3. The van der Waals surface area contributed by atoms with Crippen LogP contribution in [0, 0.1) is 0 Å². The molecule has 0 N–H and O–H groups in total. The number of carbonyl (C=O) groups excluding carboxylic acids is 2. The minimum atomic E-state index is -1.18. The lowest BCUT2D eigenvalue weighted by Crippen LogP contribution is -2.44. The molecule has 0 aliphatic carbocycles. The lowest BCUT2D eigenvalue weighted by atomic mass is 10.1. The van der Waals surface area contributed by atoms with Gasteiger partial charge in [0, 0.05) is 14.2 Å². The molecule has 1 unspecified atom stereocenters. The van der Waals surface area contributed by atoms with Crippen LogP contribution in [0.15, 0.2) is 96.2 Å². The van der Waals surface area contributed by atoms with Crippen LogP contribution < -0.4 is 0 Å². The molecule has 45 heavy (non-hydrogen) atoms. The second-order valence-electron chi connectivity index (χ2n) is 10.9. The number of nitrogens with zero attached hydrogens (tertiary/aromatic N) is 1. The SMILES string of the molecule is CO[C@@H](C(=O)OC[C@@H](OC(=O)[C@H](OC)c1ccccc1)C1O[C@@H]2OC(C)(C)O[C@@H]2/C1=N\OCc1ccccc1)c1ccccc1. The van der Waals surface area contributed by atoms with Crippen molar-refractivity contribution in [1.29, 1.82) is 0 Å². The highest BCUT2D eigenvalue weighted by molar-refractivity contribution is 5.95. The Morgan fingerprint density at radius 1 is 0.800 bits per heavy atom. The predicted octanol–water partition coefficient (Wildman–Crippen LogP) is 4.67. The summed E-state index contributed by atoms with van der Waals surface area (Å²) in [6.45, 7) is 3.28. The third kappa shape index (κ3) is 7.94. The fourth-order valence-corrected chi connectivity index (χ4v) is 5.17. The summed E-state index contributed by atoms with van der Waals surface area (Å²) in [7, 11) is 2.81. The molecule has 6 atom stereocenters. The van der Waals surface area contributed by atoms with Gasteiger partial charge in [0.15, 0.2) is 36.5 Å². The smallest absolute Gasteiger partial charge is 0.340 e. The molecule has 2 aliphatic rings. The molecule has 11 heteroatoms. The third-order valence-corrected chi connectivity index (χ3v) is 7.26. The van der Waals surface area contributed by atoms with Gasteiger partial charge in [-0.15, -0.1) is 0 Å². The van der Waals surface area contributed by atoms with Gasteiger partial charge in [-0.25, -0.2) is 9.59 Å². The van der Waals surface area contributed by atoms with Crippen LogP contribution in [-0.2, 0) is 54.2 Å². The molecule has 0 amide bonds. The van der Waals surface area contributed by atoms with Crippen molar-refractivity contribution in [3.8, 4) is 0 Å². The van der Waals surface area contributed by atoms with Gasteiger partial charge >= 0.3 is 11.9 Å². The molecule has 0 saturated carbocycles. The summed E-state index contributed by atoms with van der Waals surface area (Å²) in [5.74, 6) is -2.36. The Bertz CT molecular complexity index is 1430. The van der Waals surface area contributed by atoms with Gasteiger partial charge in [-0.1, -0.05) is 96.2 Å². The summed E-state index contributed by atoms with van der Waals surface area (Å²) < 4.78 is 40.9. The zero-order valence-corrected chi connectivity index (χ0v) is 25.6. The van der Waals surface area contributed by atoms with E-state index in [1.807, 2.05) is 42.5 Å². The summed E-state index contributed by atoms with van der Waals surface area (Å²) in [5, 5.41) is 4.38. The van der Waals surface area contributed by atoms with E-state index in [-0.39, 0.29) is 12.3 Å². The van der Waals surface area contributed by atoms with Gasteiger partial charge in [0.05, 0.1) is 0 Å². The molecule has 0 bridgehead atoms. The Hall–Kier alpha value is -4.13. The van der Waals surface area contributed by atoms with E-state index in [1.54, 1.807) is 62.4 Å². The van der Waals surface area contributed by atoms with Crippen molar-refractivity contribution in [2.45, 2.75) is 63.1 Å². The van der Waals surface area contributed by atoms with Gasteiger partial charge in [-0.2, -0.15) is 0 Å². The van der Waals surface area contributed by atoms with E-state index in [9.17, 15) is 9.59 Å². The highest BCUT2D eigenvalue weighted by atomic mass is 16.8. The van der Waals surface area contributed by atoms with E-state index in [4.69, 9.17) is 38.0 Å². The number of carbonyl (C=O) groups is 2. The molecule has 3 aromatic carbocycles. The van der Waals surface area contributed by atoms with E-state index in [0.29, 0.717) is 11.1 Å². The summed E-state index contributed by atoms with van der Waals surface area (Å²) in [6.07, 6.45) is -5.92. The van der Waals surface area contributed by atoms with E-state index in [2.05, 4.69) is 5.16 Å². The first-order valence-corrected chi connectivity index (χ1v) is 14.6. The first-order valence-electron chi connectivity index (χ1n) is 14.6. The Balaban J connectivity index is 1.41. The van der Waals surface area contributed by atoms with Gasteiger partial charge in [0.25, 0.3) is 0 Å². The minimum Gasteiger partial charge on any atom is -0.459 e. The second kappa shape index (κ2) is 14.8. The van der Waals surface area contributed by atoms with Crippen molar-refractivity contribution in [2.75, 3.05) is 20.8 Å². The lowest BCUT2D eigenvalue weighted by Gasteiger charge is -2.28. The van der Waals surface area contributed by atoms with Gasteiger partial charge in [0.2, 0.25) is 0 Å². The highest BCUT2D eigenvalue weighted by Crippen LogP contribution is 2.38. The van der Waals surface area contributed by atoms with Crippen molar-refractivity contribution in [3.05, 3.63) is 108 Å². The zero-order chi connectivity index (χ0) is 31.8. The molecule has 0 spiro atoms. The van der Waals surface area contributed by atoms with E-state index in [0.717, 1.165) is 5.56 Å². The van der Waals surface area contributed by atoms with Gasteiger partial charge in [-0.3, -0.25) is 0 Å². The number of esters is 2. The lowest BCUT2D eigenvalue weighted by molar-refractivity contribution is -0.213. The van der Waals surface area contributed by atoms with Crippen LogP contribution in [0.2, 0.25) is 0 Å². The van der Waals surface area contributed by atoms with Gasteiger partial charge < -0.3 is 38.0 Å². The molecule has 238 valence electrons. The highest BCUT2D eigenvalue weighted by Gasteiger charge is 2.56. The number of methoxy groups -OCH3 is 2. The Morgan fingerprint density at radius 3 is 1.93 bits per heavy atom. The summed E-state index contributed by atoms with van der Waals surface area (Å²) in [4.78, 5) is 32.5. The van der Waals surface area contributed by atoms with Crippen LogP contribution in [-0.4, -0.2) is 68.9 Å². The molecule has 11 nitrogen and oxygen atoms in total. The van der Waals surface area contributed by atoms with Crippen molar-refractivity contribution < 1.29 is 47.6 Å². The summed E-state index contributed by atoms with van der Waals surface area (Å²) >= 11 is 0. The van der Waals surface area contributed by atoms with Crippen LogP contribution in [0.4, 0.5) is 0 Å². The molecule has 0 radical (unpaired) electrons. The Kier molecular flexibility index (Phi) is 10.6. The quantitative estimate of drug-likeness (QED) is 0.197. The molecule has 2 fully saturated rings. The number of ether oxygens (including phenoxy) is 7. The number of hydrogen-bond donors (Lipinski definition) is 0. The van der Waals surface area contributed by atoms with E-state index >= 15 is 0 Å². The third-order valence-electron chi connectivity index (χ3n) is 7.26. The normalized spacial score (nSPS) is 23.1. The molecule has 2 aliphatic heterocycles. The number of benzene rings is 3. The topological polar surface area (TPSA) is 120 Å². The number of oxime groups is 1. The van der Waals surface area contributed by atoms with Crippen LogP contribution in [0.1, 0.15) is 42.7 Å². The Morgan fingerprint density at radius 2 is 1.36 bits per heavy atom. The van der Waals surface area contributed by atoms with Crippen molar-refractivity contribution in [3.63, 3.8) is 0 Å². The molecular weight excluding hydrogens is 582 g/mol. The first-order chi connectivity index (χ1) is 21.8. The number of fused-ring (bicyclic) bond motifs is 1. The predicted molar refractivity (Wildman–Crippen MR) is 161 cm³/mol. The molecule has 3 aromatic rings. The maximum Gasteiger partial charge on any atom is 0.340 e. The van der Waals surface area contributed by atoms with Crippen LogP contribution >= 0.6 is 0 Å². The van der Waals surface area contributed by atoms with Crippen LogP contribution in [0.5, 0.6) is 0 Å². The Labute approximate surface area is 261 Å². The van der Waals surface area contributed by atoms with Gasteiger partial charge in [-0.05, 0) is 30.5 Å². The van der Waals surface area contributed by atoms with Gasteiger partial charge in [0.1, 0.15) is 25.0 Å². The number of rotatable bonds is 13. The standard InChI is InChI=1S/C34H37NO10/c1-34(2)44-30-26(35-41-20-22-14-8-5-9-15-22)29(43-33(30)45-34)25(42-32(37)28(39-4)24-18-12-7-13-19-24)21-40-31(36)27(38-3)23-16-10-6-11-17-23/h5-19,25,27-30,33H,20-21H2,1-4H3/b35-26-/t25-,27-,28-,29?,30-,33-/m1/s1. The largest absolute Gasteiger partial charge is 0.459 e. The second-order valence-corrected chi connectivity index (χ2v) is 10.9. The maximum atomic E-state index is 13.6. The van der Waals surface area contributed by atoms with Crippen LogP contribution in [0.25, 0.3) is 0 Å². The number of hydrogen-bond acceptors (Lipinski definition) is 11. The van der Waals surface area contributed by atoms with Crippen molar-refractivity contribution >= 4 is 17.7 Å². The fourth-order valence-electron chi connectivity index (χ4n) is 5.17. The molecule has 2 heterocycles. The van der Waals surface area contributed by atoms with Crippen LogP contribution in [0.3, 0.4) is 0 Å². The van der Waals surface area contributed by atoms with Crippen molar-refractivity contribution in [2.24, 2.45) is 5.16 Å². The average molecular weight is 620 g/mol.